The van der Waals surface area contributed by atoms with E-state index < -0.39 is 0 Å². The van der Waals surface area contributed by atoms with E-state index in [4.69, 9.17) is 0 Å². The first-order valence-electron chi connectivity index (χ1n) is 21.7. The number of nitrogens with zero attached hydrogens (tertiary/aromatic N) is 3. The van der Waals surface area contributed by atoms with Gasteiger partial charge in [-0.25, -0.2) is 0 Å². The maximum Gasteiger partial charge on any atom is 0.0125 e. The SMILES string of the molecule is CC.CC.CC.CC.CC.CC.CC1C2CC1CN(C(C)(C)C)C2.CC1C2CC1CN(C(C)(C)C)C2.CC1C2CC1CN(C(C)(C)C)C2. The molecular formula is C45H99N3. The molecule has 0 aromatic carbocycles. The average Bonchev–Trinajstić information content (AvgIpc) is 3.12. The van der Waals surface area contributed by atoms with Crippen molar-refractivity contribution in [1.29, 1.82) is 0 Å². The van der Waals surface area contributed by atoms with Crippen LogP contribution < -0.4 is 0 Å². The van der Waals surface area contributed by atoms with Gasteiger partial charge in [-0.3, -0.25) is 14.7 Å². The quantitative estimate of drug-likeness (QED) is 0.252. The standard InChI is InChI=1S/3C11H21N.6C2H6/c3*1-8-9-5-10(8)7-12(6-9)11(2,3)4;6*1-2/h3*8-10H,5-7H2,1-4H3;6*1-2H3. The fourth-order valence-electron chi connectivity index (χ4n) is 8.03. The molecule has 6 bridgehead atoms. The molecule has 3 aliphatic carbocycles. The van der Waals surface area contributed by atoms with Crippen molar-refractivity contribution < 1.29 is 0 Å². The first-order valence-corrected chi connectivity index (χ1v) is 21.7. The first-order chi connectivity index (χ1) is 22.4. The van der Waals surface area contributed by atoms with Crippen LogP contribution >= 0.6 is 0 Å². The summed E-state index contributed by atoms with van der Waals surface area (Å²) in [6, 6.07) is 0. The van der Waals surface area contributed by atoms with Crippen molar-refractivity contribution in [2.75, 3.05) is 39.3 Å². The van der Waals surface area contributed by atoms with Crippen molar-refractivity contribution in [2.24, 2.45) is 53.3 Å². The molecule has 3 heteroatoms. The molecule has 0 amide bonds. The summed E-state index contributed by atoms with van der Waals surface area (Å²) in [7, 11) is 0. The third-order valence-corrected chi connectivity index (χ3v) is 11.9. The molecule has 9 aliphatic rings. The van der Waals surface area contributed by atoms with Crippen LogP contribution in [-0.2, 0) is 0 Å². The van der Waals surface area contributed by atoms with E-state index in [0.29, 0.717) is 16.6 Å². The lowest BCUT2D eigenvalue weighted by atomic mass is 9.62. The maximum absolute atomic E-state index is 2.66. The minimum Gasteiger partial charge on any atom is -0.298 e. The molecule has 0 aromatic rings. The van der Waals surface area contributed by atoms with Crippen LogP contribution in [-0.4, -0.2) is 70.6 Å². The van der Waals surface area contributed by atoms with Gasteiger partial charge in [-0.05, 0) is 135 Å². The fourth-order valence-corrected chi connectivity index (χ4v) is 8.03. The molecule has 6 atom stereocenters. The fraction of sp³-hybridized carbons (Fsp3) is 1.00. The number of fused-ring (bicyclic) bond motifs is 6. The van der Waals surface area contributed by atoms with E-state index in [2.05, 4.69) is 97.8 Å². The van der Waals surface area contributed by atoms with Gasteiger partial charge in [0.25, 0.3) is 0 Å². The Kier molecular flexibility index (Phi) is 27.2. The zero-order valence-corrected chi connectivity index (χ0v) is 38.4. The van der Waals surface area contributed by atoms with Crippen molar-refractivity contribution >= 4 is 0 Å². The number of piperidine rings is 6. The molecule has 6 unspecified atom stereocenters. The van der Waals surface area contributed by atoms with E-state index in [1.807, 2.05) is 83.1 Å². The Morgan fingerprint density at radius 2 is 0.417 bits per heavy atom. The molecule has 0 spiro atoms. The largest absolute Gasteiger partial charge is 0.298 e. The van der Waals surface area contributed by atoms with Crippen molar-refractivity contribution in [3.05, 3.63) is 0 Å². The van der Waals surface area contributed by atoms with Gasteiger partial charge in [0.2, 0.25) is 0 Å². The van der Waals surface area contributed by atoms with E-state index in [1.54, 1.807) is 0 Å². The highest BCUT2D eigenvalue weighted by atomic mass is 15.2. The topological polar surface area (TPSA) is 9.72 Å². The Morgan fingerprint density at radius 1 is 0.292 bits per heavy atom. The monoisotopic (exact) mass is 682 g/mol. The Morgan fingerprint density at radius 3 is 0.500 bits per heavy atom. The third-order valence-electron chi connectivity index (χ3n) is 11.9. The molecule has 294 valence electrons. The molecular weight excluding hydrogens is 583 g/mol. The summed E-state index contributed by atoms with van der Waals surface area (Å²) in [5, 5.41) is 0. The highest BCUT2D eigenvalue weighted by Crippen LogP contribution is 2.48. The maximum atomic E-state index is 2.66. The molecule has 6 saturated heterocycles. The van der Waals surface area contributed by atoms with Crippen LogP contribution in [0, 0.1) is 53.3 Å². The van der Waals surface area contributed by atoms with Crippen molar-refractivity contribution in [2.45, 2.75) is 202 Å². The lowest BCUT2D eigenvalue weighted by Gasteiger charge is -2.56. The van der Waals surface area contributed by atoms with Gasteiger partial charge in [0, 0.05) is 55.9 Å². The zero-order valence-electron chi connectivity index (χ0n) is 38.4. The normalized spacial score (nSPS) is 32.6. The molecule has 9 fully saturated rings. The predicted octanol–water partition coefficient (Wildman–Crippen LogP) is 13.3. The Hall–Kier alpha value is -0.120. The minimum atomic E-state index is 0.400. The van der Waals surface area contributed by atoms with E-state index in [9.17, 15) is 0 Å². The molecule has 6 heterocycles. The number of rotatable bonds is 0. The van der Waals surface area contributed by atoms with Gasteiger partial charge in [-0.2, -0.15) is 0 Å². The Bertz CT molecular complexity index is 605. The number of hydrogen-bond acceptors (Lipinski definition) is 3. The second kappa shape index (κ2) is 25.0. The van der Waals surface area contributed by atoms with Gasteiger partial charge in [0.15, 0.2) is 0 Å². The second-order valence-corrected chi connectivity index (χ2v) is 17.1. The molecule has 3 saturated carbocycles. The van der Waals surface area contributed by atoms with Crippen LogP contribution in [0.3, 0.4) is 0 Å². The zero-order chi connectivity index (χ0) is 38.8. The number of hydrogen-bond donors (Lipinski definition) is 0. The molecule has 6 aliphatic heterocycles. The highest BCUT2D eigenvalue weighted by molar-refractivity contribution is 4.99. The first kappa shape index (κ1) is 52.2. The van der Waals surface area contributed by atoms with Crippen LogP contribution in [0.1, 0.15) is 185 Å². The van der Waals surface area contributed by atoms with Gasteiger partial charge in [-0.1, -0.05) is 104 Å². The van der Waals surface area contributed by atoms with Gasteiger partial charge in [0.1, 0.15) is 0 Å². The predicted molar refractivity (Wildman–Crippen MR) is 224 cm³/mol. The van der Waals surface area contributed by atoms with Gasteiger partial charge in [-0.15, -0.1) is 0 Å². The third kappa shape index (κ3) is 15.2. The molecule has 48 heavy (non-hydrogen) atoms. The molecule has 3 nitrogen and oxygen atoms in total. The molecule has 0 N–H and O–H groups in total. The van der Waals surface area contributed by atoms with E-state index in [-0.39, 0.29) is 0 Å². The van der Waals surface area contributed by atoms with Crippen LogP contribution in [0.2, 0.25) is 0 Å². The van der Waals surface area contributed by atoms with Gasteiger partial charge < -0.3 is 0 Å². The Balaban J connectivity index is -0.000000546. The van der Waals surface area contributed by atoms with Crippen molar-refractivity contribution in [3.63, 3.8) is 0 Å². The summed E-state index contributed by atoms with van der Waals surface area (Å²) in [6.45, 7) is 60.4. The molecule has 9 rings (SSSR count). The summed E-state index contributed by atoms with van der Waals surface area (Å²) in [4.78, 5) is 7.98. The van der Waals surface area contributed by atoms with E-state index in [0.717, 1.165) is 53.3 Å². The van der Waals surface area contributed by atoms with Crippen LogP contribution in [0.15, 0.2) is 0 Å². The van der Waals surface area contributed by atoms with Crippen molar-refractivity contribution in [1.82, 2.24) is 14.7 Å². The van der Waals surface area contributed by atoms with Crippen LogP contribution in [0.5, 0.6) is 0 Å². The lowest BCUT2D eigenvalue weighted by Crippen LogP contribution is -2.59. The second-order valence-electron chi connectivity index (χ2n) is 17.1. The molecule has 0 radical (unpaired) electrons. The van der Waals surface area contributed by atoms with E-state index in [1.165, 1.54) is 58.5 Å². The van der Waals surface area contributed by atoms with Crippen LogP contribution in [0.4, 0.5) is 0 Å². The summed E-state index contributed by atoms with van der Waals surface area (Å²) >= 11 is 0. The summed E-state index contributed by atoms with van der Waals surface area (Å²) in [5.74, 6) is 9.15. The van der Waals surface area contributed by atoms with Crippen LogP contribution in [0.25, 0.3) is 0 Å². The highest BCUT2D eigenvalue weighted by Gasteiger charge is 2.47. The summed E-state index contributed by atoms with van der Waals surface area (Å²) in [6.07, 6.45) is 4.52. The van der Waals surface area contributed by atoms with Gasteiger partial charge in [0.05, 0.1) is 0 Å². The van der Waals surface area contributed by atoms with Gasteiger partial charge >= 0.3 is 0 Å². The van der Waals surface area contributed by atoms with Crippen molar-refractivity contribution in [3.8, 4) is 0 Å². The average molecular weight is 682 g/mol. The van der Waals surface area contributed by atoms with E-state index >= 15 is 0 Å². The molecule has 0 aromatic heterocycles. The minimum absolute atomic E-state index is 0.400. The summed E-state index contributed by atoms with van der Waals surface area (Å²) < 4.78 is 0. The lowest BCUT2D eigenvalue weighted by molar-refractivity contribution is -0.0687. The smallest absolute Gasteiger partial charge is 0.0125 e. The summed E-state index contributed by atoms with van der Waals surface area (Å²) in [5.41, 5.74) is 1.20. The Labute approximate surface area is 308 Å².